The Labute approximate surface area is 175 Å². The molecule has 7 heteroatoms. The second-order valence-corrected chi connectivity index (χ2v) is 8.98. The average molecular weight is 417 g/mol. The molecule has 2 N–H and O–H groups in total. The van der Waals surface area contributed by atoms with E-state index in [1.807, 2.05) is 25.1 Å². The van der Waals surface area contributed by atoms with Gasteiger partial charge in [0.1, 0.15) is 0 Å². The minimum absolute atomic E-state index is 0.377. The van der Waals surface area contributed by atoms with Gasteiger partial charge in [-0.05, 0) is 49.6 Å². The van der Waals surface area contributed by atoms with E-state index in [1.165, 1.54) is 11.9 Å². The summed E-state index contributed by atoms with van der Waals surface area (Å²) in [6, 6.07) is 15.8. The molecular formula is C22H32N4O2S. The van der Waals surface area contributed by atoms with Gasteiger partial charge in [-0.2, -0.15) is 0 Å². The third-order valence-electron chi connectivity index (χ3n) is 4.72. The molecule has 158 valence electrons. The molecule has 0 aliphatic carbocycles. The molecule has 0 aliphatic rings. The fourth-order valence-electron chi connectivity index (χ4n) is 3.23. The van der Waals surface area contributed by atoms with Gasteiger partial charge in [-0.3, -0.25) is 4.99 Å². The van der Waals surface area contributed by atoms with E-state index in [9.17, 15) is 8.42 Å². The molecule has 0 amide bonds. The summed E-state index contributed by atoms with van der Waals surface area (Å²) in [6.45, 7) is 7.32. The van der Waals surface area contributed by atoms with Crippen molar-refractivity contribution in [1.29, 1.82) is 0 Å². The number of nitrogens with one attached hydrogen (secondary N) is 2. The van der Waals surface area contributed by atoms with Crippen LogP contribution in [0.5, 0.6) is 0 Å². The normalized spacial score (nSPS) is 11.9. The average Bonchev–Trinajstić information content (AvgIpc) is 2.70. The van der Waals surface area contributed by atoms with Crippen molar-refractivity contribution in [2.24, 2.45) is 4.99 Å². The van der Waals surface area contributed by atoms with Crippen molar-refractivity contribution < 1.29 is 8.42 Å². The minimum Gasteiger partial charge on any atom is -0.372 e. The molecule has 2 aromatic carbocycles. The monoisotopic (exact) mass is 416 g/mol. The van der Waals surface area contributed by atoms with E-state index in [0.717, 1.165) is 43.1 Å². The van der Waals surface area contributed by atoms with Crippen LogP contribution in [0, 0.1) is 6.92 Å². The second kappa shape index (κ2) is 10.9. The molecule has 0 unspecified atom stereocenters. The Morgan fingerprint density at radius 2 is 1.83 bits per heavy atom. The number of hydrogen-bond acceptors (Lipinski definition) is 4. The highest BCUT2D eigenvalue weighted by atomic mass is 32.2. The number of hydrogen-bond donors (Lipinski definition) is 2. The molecular weight excluding hydrogens is 384 g/mol. The van der Waals surface area contributed by atoms with Crippen molar-refractivity contribution in [3.63, 3.8) is 0 Å². The van der Waals surface area contributed by atoms with Crippen LogP contribution in [0.1, 0.15) is 24.5 Å². The number of anilines is 1. The number of benzene rings is 2. The van der Waals surface area contributed by atoms with Gasteiger partial charge >= 0.3 is 0 Å². The molecule has 0 heterocycles. The molecule has 2 aromatic rings. The lowest BCUT2D eigenvalue weighted by Gasteiger charge is -2.23. The maximum absolute atomic E-state index is 11.7. The SMILES string of the molecule is CCN(CCCNC(=NC)NCc1ccc(S(C)(=O)=O)c(C)c1)c1ccccc1. The zero-order valence-electron chi connectivity index (χ0n) is 17.8. The fourth-order valence-corrected chi connectivity index (χ4v) is 4.19. The van der Waals surface area contributed by atoms with Crippen molar-refractivity contribution in [3.8, 4) is 0 Å². The van der Waals surface area contributed by atoms with Gasteiger partial charge in [-0.25, -0.2) is 8.42 Å². The largest absolute Gasteiger partial charge is 0.372 e. The Balaban J connectivity index is 1.80. The summed E-state index contributed by atoms with van der Waals surface area (Å²) in [5.74, 6) is 0.734. The van der Waals surface area contributed by atoms with Crippen molar-refractivity contribution in [3.05, 3.63) is 59.7 Å². The Bertz CT molecular complexity index is 912. The fraction of sp³-hybridized carbons (Fsp3) is 0.409. The number of nitrogens with zero attached hydrogens (tertiary/aromatic N) is 2. The van der Waals surface area contributed by atoms with Crippen molar-refractivity contribution >= 4 is 21.5 Å². The van der Waals surface area contributed by atoms with E-state index in [-0.39, 0.29) is 0 Å². The number of aryl methyl sites for hydroxylation is 1. The molecule has 0 bridgehead atoms. The summed E-state index contributed by atoms with van der Waals surface area (Å²) in [4.78, 5) is 6.99. The summed E-state index contributed by atoms with van der Waals surface area (Å²) in [5, 5.41) is 6.62. The molecule has 0 saturated heterocycles. The number of rotatable bonds is 9. The predicted octanol–water partition coefficient (Wildman–Crippen LogP) is 2.98. The van der Waals surface area contributed by atoms with E-state index in [4.69, 9.17) is 0 Å². The quantitative estimate of drug-likeness (QED) is 0.373. The number of para-hydroxylation sites is 1. The van der Waals surface area contributed by atoms with Crippen LogP contribution in [-0.2, 0) is 16.4 Å². The lowest BCUT2D eigenvalue weighted by Crippen LogP contribution is -2.38. The Morgan fingerprint density at radius 1 is 1.10 bits per heavy atom. The van der Waals surface area contributed by atoms with Gasteiger partial charge in [0.15, 0.2) is 15.8 Å². The Kier molecular flexibility index (Phi) is 8.51. The highest BCUT2D eigenvalue weighted by molar-refractivity contribution is 7.90. The lowest BCUT2D eigenvalue weighted by molar-refractivity contribution is 0.601. The van der Waals surface area contributed by atoms with Gasteiger partial charge in [0, 0.05) is 45.2 Å². The Hall–Kier alpha value is -2.54. The maximum atomic E-state index is 11.7. The van der Waals surface area contributed by atoms with Crippen LogP contribution in [-0.4, -0.2) is 47.3 Å². The summed E-state index contributed by atoms with van der Waals surface area (Å²) in [5.41, 5.74) is 3.01. The number of sulfone groups is 1. The van der Waals surface area contributed by atoms with Gasteiger partial charge in [0.2, 0.25) is 0 Å². The predicted molar refractivity (Wildman–Crippen MR) is 121 cm³/mol. The standard InChI is InChI=1S/C22H32N4O2S/c1-5-26(20-10-7-6-8-11-20)15-9-14-24-22(23-3)25-17-19-12-13-21(18(2)16-19)29(4,27)28/h6-8,10-13,16H,5,9,14-15,17H2,1-4H3,(H2,23,24,25). The van der Waals surface area contributed by atoms with Gasteiger partial charge in [0.05, 0.1) is 4.90 Å². The summed E-state index contributed by atoms with van der Waals surface area (Å²) in [6.07, 6.45) is 2.22. The van der Waals surface area contributed by atoms with Crippen LogP contribution in [0.4, 0.5) is 5.69 Å². The highest BCUT2D eigenvalue weighted by Gasteiger charge is 2.11. The Morgan fingerprint density at radius 3 is 2.41 bits per heavy atom. The molecule has 0 fully saturated rings. The van der Waals surface area contributed by atoms with E-state index < -0.39 is 9.84 Å². The minimum atomic E-state index is -3.19. The first-order chi connectivity index (χ1) is 13.8. The van der Waals surface area contributed by atoms with Gasteiger partial charge in [-0.15, -0.1) is 0 Å². The number of guanidine groups is 1. The summed E-state index contributed by atoms with van der Waals surface area (Å²) in [7, 11) is -1.45. The molecule has 0 atom stereocenters. The highest BCUT2D eigenvalue weighted by Crippen LogP contribution is 2.16. The third kappa shape index (κ3) is 7.09. The van der Waals surface area contributed by atoms with Gasteiger partial charge < -0.3 is 15.5 Å². The molecule has 0 spiro atoms. The zero-order chi connectivity index (χ0) is 21.3. The van der Waals surface area contributed by atoms with Gasteiger partial charge in [-0.1, -0.05) is 30.3 Å². The van der Waals surface area contributed by atoms with Crippen molar-refractivity contribution in [2.45, 2.75) is 31.7 Å². The lowest BCUT2D eigenvalue weighted by atomic mass is 10.1. The van der Waals surface area contributed by atoms with Crippen molar-refractivity contribution in [1.82, 2.24) is 10.6 Å². The van der Waals surface area contributed by atoms with Crippen LogP contribution in [0.15, 0.2) is 58.4 Å². The summed E-state index contributed by atoms with van der Waals surface area (Å²) >= 11 is 0. The van der Waals surface area contributed by atoms with E-state index in [2.05, 4.69) is 51.7 Å². The third-order valence-corrected chi connectivity index (χ3v) is 5.98. The van der Waals surface area contributed by atoms with Crippen LogP contribution in [0.2, 0.25) is 0 Å². The molecule has 2 rings (SSSR count). The molecule has 0 aromatic heterocycles. The smallest absolute Gasteiger partial charge is 0.191 e. The van der Waals surface area contributed by atoms with E-state index in [0.29, 0.717) is 11.4 Å². The summed E-state index contributed by atoms with van der Waals surface area (Å²) < 4.78 is 23.5. The van der Waals surface area contributed by atoms with Gasteiger partial charge in [0.25, 0.3) is 0 Å². The second-order valence-electron chi connectivity index (χ2n) is 6.99. The van der Waals surface area contributed by atoms with E-state index in [1.54, 1.807) is 13.1 Å². The van der Waals surface area contributed by atoms with Crippen LogP contribution in [0.3, 0.4) is 0 Å². The van der Waals surface area contributed by atoms with Crippen LogP contribution < -0.4 is 15.5 Å². The number of aliphatic imine (C=N–C) groups is 1. The maximum Gasteiger partial charge on any atom is 0.191 e. The first-order valence-electron chi connectivity index (χ1n) is 9.89. The first kappa shape index (κ1) is 22.7. The van der Waals surface area contributed by atoms with E-state index >= 15 is 0 Å². The zero-order valence-corrected chi connectivity index (χ0v) is 18.6. The first-order valence-corrected chi connectivity index (χ1v) is 11.8. The molecule has 0 saturated carbocycles. The molecule has 0 radical (unpaired) electrons. The van der Waals surface area contributed by atoms with Crippen LogP contribution in [0.25, 0.3) is 0 Å². The van der Waals surface area contributed by atoms with Crippen LogP contribution >= 0.6 is 0 Å². The molecule has 6 nitrogen and oxygen atoms in total. The van der Waals surface area contributed by atoms with Crippen molar-refractivity contribution in [2.75, 3.05) is 37.8 Å². The molecule has 29 heavy (non-hydrogen) atoms. The molecule has 0 aliphatic heterocycles. The topological polar surface area (TPSA) is 73.8 Å².